The highest BCUT2D eigenvalue weighted by atomic mass is 79.9. The van der Waals surface area contributed by atoms with Crippen molar-refractivity contribution in [1.82, 2.24) is 28.7 Å². The number of amides is 1. The Morgan fingerprint density at radius 2 is 1.80 bits per heavy atom. The molecule has 2 aromatic heterocycles. The second kappa shape index (κ2) is 11.2. The molecule has 210 valence electrons. The molecule has 0 spiro atoms. The average Bonchev–Trinajstić information content (AvgIpc) is 3.43. The molecule has 4 heterocycles. The molecule has 0 aliphatic carbocycles. The fourth-order valence-electron chi connectivity index (χ4n) is 6.32. The van der Waals surface area contributed by atoms with Gasteiger partial charge >= 0.3 is 5.69 Å². The van der Waals surface area contributed by atoms with Gasteiger partial charge in [-0.05, 0) is 56.1 Å². The maximum absolute atomic E-state index is 13.0. The van der Waals surface area contributed by atoms with Crippen LogP contribution < -0.4 is 5.69 Å². The van der Waals surface area contributed by atoms with Gasteiger partial charge in [-0.2, -0.15) is 5.10 Å². The lowest BCUT2D eigenvalue weighted by Crippen LogP contribution is -2.38. The lowest BCUT2D eigenvalue weighted by molar-refractivity contribution is -0.129. The SMILES string of the molecule is CC(=O)N1CCc2c(c(-c3ccc(Br)cc3)nn2CCCN2CCC(n3c(=O)n(C)c4ccc(Cl)cc43)CC2)C1. The maximum atomic E-state index is 13.0. The van der Waals surface area contributed by atoms with Gasteiger partial charge in [0, 0.05) is 85.5 Å². The Morgan fingerprint density at radius 1 is 1.05 bits per heavy atom. The zero-order valence-corrected chi connectivity index (χ0v) is 25.3. The minimum Gasteiger partial charge on any atom is -0.338 e. The highest BCUT2D eigenvalue weighted by Crippen LogP contribution is 2.32. The summed E-state index contributed by atoms with van der Waals surface area (Å²) in [6.07, 6.45) is 3.71. The molecule has 6 rings (SSSR count). The normalized spacial score (nSPS) is 16.6. The Bertz CT molecular complexity index is 1610. The van der Waals surface area contributed by atoms with Crippen molar-refractivity contribution in [3.8, 4) is 11.3 Å². The summed E-state index contributed by atoms with van der Waals surface area (Å²) < 4.78 is 6.88. The van der Waals surface area contributed by atoms with Crippen molar-refractivity contribution in [2.45, 2.75) is 51.7 Å². The number of aryl methyl sites for hydroxylation is 2. The molecule has 2 aromatic carbocycles. The summed E-state index contributed by atoms with van der Waals surface area (Å²) in [4.78, 5) is 29.6. The Labute approximate surface area is 247 Å². The van der Waals surface area contributed by atoms with Gasteiger partial charge in [0.2, 0.25) is 5.91 Å². The third kappa shape index (κ3) is 5.15. The molecule has 2 aliphatic heterocycles. The molecule has 0 radical (unpaired) electrons. The number of imidazole rings is 1. The zero-order chi connectivity index (χ0) is 28.0. The molecule has 0 saturated carbocycles. The van der Waals surface area contributed by atoms with E-state index in [1.165, 1.54) is 11.3 Å². The second-order valence-electron chi connectivity index (χ2n) is 11.0. The van der Waals surface area contributed by atoms with E-state index in [2.05, 4.69) is 37.6 Å². The van der Waals surface area contributed by atoms with Crippen LogP contribution in [0.5, 0.6) is 0 Å². The number of aromatic nitrogens is 4. The Hall–Kier alpha value is -2.88. The molecular formula is C30H34BrClN6O2. The first-order chi connectivity index (χ1) is 19.3. The molecule has 10 heteroatoms. The van der Waals surface area contributed by atoms with Gasteiger partial charge in [-0.25, -0.2) is 4.79 Å². The monoisotopic (exact) mass is 624 g/mol. The van der Waals surface area contributed by atoms with Gasteiger partial charge in [0.05, 0.1) is 16.7 Å². The number of likely N-dealkylation sites (tertiary alicyclic amines) is 1. The van der Waals surface area contributed by atoms with E-state index < -0.39 is 0 Å². The summed E-state index contributed by atoms with van der Waals surface area (Å²) in [7, 11) is 1.83. The van der Waals surface area contributed by atoms with Crippen LogP contribution in [0, 0.1) is 0 Å². The van der Waals surface area contributed by atoms with Gasteiger partial charge < -0.3 is 9.80 Å². The van der Waals surface area contributed by atoms with Crippen LogP contribution in [0.25, 0.3) is 22.3 Å². The average molecular weight is 626 g/mol. The number of fused-ring (bicyclic) bond motifs is 2. The van der Waals surface area contributed by atoms with E-state index in [0.29, 0.717) is 11.6 Å². The number of hydrogen-bond donors (Lipinski definition) is 0. The fourth-order valence-corrected chi connectivity index (χ4v) is 6.75. The van der Waals surface area contributed by atoms with Gasteiger partial charge in [-0.3, -0.25) is 18.6 Å². The van der Waals surface area contributed by atoms with E-state index in [9.17, 15) is 9.59 Å². The highest BCUT2D eigenvalue weighted by Gasteiger charge is 2.28. The Morgan fingerprint density at radius 3 is 2.52 bits per heavy atom. The lowest BCUT2D eigenvalue weighted by atomic mass is 10.0. The largest absolute Gasteiger partial charge is 0.338 e. The number of rotatable bonds is 6. The van der Waals surface area contributed by atoms with Crippen LogP contribution in [0.1, 0.15) is 43.5 Å². The topological polar surface area (TPSA) is 68.3 Å². The molecule has 0 N–H and O–H groups in total. The predicted octanol–water partition coefficient (Wildman–Crippen LogP) is 5.25. The van der Waals surface area contributed by atoms with E-state index in [1.807, 2.05) is 46.8 Å². The molecule has 1 saturated heterocycles. The van der Waals surface area contributed by atoms with Crippen LogP contribution >= 0.6 is 27.5 Å². The van der Waals surface area contributed by atoms with Crippen molar-refractivity contribution in [3.63, 3.8) is 0 Å². The van der Waals surface area contributed by atoms with Crippen LogP contribution in [0.2, 0.25) is 5.02 Å². The van der Waals surface area contributed by atoms with Crippen LogP contribution in [-0.4, -0.2) is 60.8 Å². The van der Waals surface area contributed by atoms with Crippen molar-refractivity contribution in [1.29, 1.82) is 0 Å². The summed E-state index contributed by atoms with van der Waals surface area (Å²) in [5.41, 5.74) is 6.36. The number of hydrogen-bond acceptors (Lipinski definition) is 4. The maximum Gasteiger partial charge on any atom is 0.329 e. The van der Waals surface area contributed by atoms with Crippen molar-refractivity contribution < 1.29 is 4.79 Å². The number of nitrogens with zero attached hydrogens (tertiary/aromatic N) is 6. The van der Waals surface area contributed by atoms with Gasteiger partial charge in [-0.1, -0.05) is 39.7 Å². The summed E-state index contributed by atoms with van der Waals surface area (Å²) in [6, 6.07) is 14.1. The van der Waals surface area contributed by atoms with Crippen molar-refractivity contribution in [3.05, 3.63) is 73.7 Å². The quantitative estimate of drug-likeness (QED) is 0.294. The molecule has 1 fully saturated rings. The van der Waals surface area contributed by atoms with Gasteiger partial charge in [0.1, 0.15) is 0 Å². The van der Waals surface area contributed by atoms with Gasteiger partial charge in [0.15, 0.2) is 0 Å². The first-order valence-electron chi connectivity index (χ1n) is 14.0. The fraction of sp³-hybridized carbons (Fsp3) is 0.433. The smallest absolute Gasteiger partial charge is 0.329 e. The summed E-state index contributed by atoms with van der Waals surface area (Å²) in [5.74, 6) is 0.109. The standard InChI is InChI=1S/C30H34BrClN6O2/c1-20(39)36-17-12-26-25(19-36)29(21-4-6-22(31)7-5-21)33-37(26)14-3-13-35-15-10-24(11-16-35)38-28-18-23(32)8-9-27(28)34(2)30(38)40/h4-9,18,24H,3,10-17,19H2,1-2H3. The van der Waals surface area contributed by atoms with E-state index >= 15 is 0 Å². The van der Waals surface area contributed by atoms with Crippen molar-refractivity contribution >= 4 is 44.5 Å². The van der Waals surface area contributed by atoms with E-state index in [1.54, 1.807) is 11.5 Å². The predicted molar refractivity (Wildman–Crippen MR) is 162 cm³/mol. The minimum atomic E-state index is 0.0316. The number of carbonyl (C=O) groups excluding carboxylic acids is 1. The van der Waals surface area contributed by atoms with Crippen LogP contribution in [0.15, 0.2) is 51.7 Å². The number of carbonyl (C=O) groups is 1. The molecular weight excluding hydrogens is 592 g/mol. The van der Waals surface area contributed by atoms with Crippen molar-refractivity contribution in [2.24, 2.45) is 7.05 Å². The summed E-state index contributed by atoms with van der Waals surface area (Å²) in [6.45, 7) is 6.75. The zero-order valence-electron chi connectivity index (χ0n) is 22.9. The van der Waals surface area contributed by atoms with E-state index in [-0.39, 0.29) is 17.6 Å². The van der Waals surface area contributed by atoms with E-state index in [4.69, 9.17) is 16.7 Å². The van der Waals surface area contributed by atoms with Crippen LogP contribution in [0.3, 0.4) is 0 Å². The van der Waals surface area contributed by atoms with Gasteiger partial charge in [-0.15, -0.1) is 0 Å². The highest BCUT2D eigenvalue weighted by molar-refractivity contribution is 9.10. The molecule has 0 bridgehead atoms. The number of halogens is 2. The lowest BCUT2D eigenvalue weighted by Gasteiger charge is -2.32. The third-order valence-corrected chi connectivity index (χ3v) is 9.28. The number of piperidine rings is 1. The second-order valence-corrected chi connectivity index (χ2v) is 12.3. The van der Waals surface area contributed by atoms with Crippen molar-refractivity contribution in [2.75, 3.05) is 26.2 Å². The molecule has 1 amide bonds. The Balaban J connectivity index is 1.12. The van der Waals surface area contributed by atoms with E-state index in [0.717, 1.165) is 85.2 Å². The third-order valence-electron chi connectivity index (χ3n) is 8.51. The van der Waals surface area contributed by atoms with Gasteiger partial charge in [0.25, 0.3) is 0 Å². The molecule has 0 atom stereocenters. The number of benzene rings is 2. The minimum absolute atomic E-state index is 0.0316. The van der Waals surface area contributed by atoms with Crippen LogP contribution in [0.4, 0.5) is 0 Å². The molecule has 8 nitrogen and oxygen atoms in total. The first-order valence-corrected chi connectivity index (χ1v) is 15.2. The molecule has 40 heavy (non-hydrogen) atoms. The molecule has 4 aromatic rings. The summed E-state index contributed by atoms with van der Waals surface area (Å²) in [5, 5.41) is 5.72. The first kappa shape index (κ1) is 27.3. The summed E-state index contributed by atoms with van der Waals surface area (Å²) >= 11 is 9.80. The van der Waals surface area contributed by atoms with Crippen LogP contribution in [-0.2, 0) is 31.4 Å². The Kier molecular flexibility index (Phi) is 7.63. The molecule has 2 aliphatic rings. The molecule has 0 unspecified atom stereocenters.